The predicted octanol–water partition coefficient (Wildman–Crippen LogP) is 6.06. The van der Waals surface area contributed by atoms with Gasteiger partial charge in [0.05, 0.1) is 24.2 Å². The van der Waals surface area contributed by atoms with Gasteiger partial charge in [-0.05, 0) is 6.42 Å². The van der Waals surface area contributed by atoms with Crippen molar-refractivity contribution < 1.29 is 24.0 Å². The SMILES string of the molecule is CCCCCCCCCCC(C)(C)C(=O)Nc1c2c(cc([N+](=O)[O-])c1OC)C(=O)CCO2. The second-order valence-electron chi connectivity index (χ2n) is 9.02. The molecular weight excluding hydrogens is 412 g/mol. The second-order valence-corrected chi connectivity index (χ2v) is 9.02. The topological polar surface area (TPSA) is 108 Å². The Morgan fingerprint density at radius 2 is 1.81 bits per heavy atom. The number of nitro groups is 1. The maximum atomic E-state index is 13.1. The lowest BCUT2D eigenvalue weighted by atomic mass is 9.85. The molecule has 1 amide bonds. The Kier molecular flexibility index (Phi) is 9.47. The van der Waals surface area contributed by atoms with E-state index < -0.39 is 10.3 Å². The van der Waals surface area contributed by atoms with E-state index in [1.54, 1.807) is 0 Å². The number of nitrogens with zero attached hydrogens (tertiary/aromatic N) is 1. The number of anilines is 1. The van der Waals surface area contributed by atoms with E-state index in [9.17, 15) is 19.7 Å². The fraction of sp³-hybridized carbons (Fsp3) is 0.667. The number of unbranched alkanes of at least 4 members (excludes halogenated alkanes) is 7. The smallest absolute Gasteiger partial charge is 0.314 e. The number of methoxy groups -OCH3 is 1. The van der Waals surface area contributed by atoms with E-state index in [1.165, 1.54) is 39.2 Å². The molecule has 0 saturated carbocycles. The van der Waals surface area contributed by atoms with Gasteiger partial charge in [-0.1, -0.05) is 72.1 Å². The van der Waals surface area contributed by atoms with Gasteiger partial charge in [0.15, 0.2) is 11.5 Å². The molecule has 0 spiro atoms. The number of hydrogen-bond donors (Lipinski definition) is 1. The van der Waals surface area contributed by atoms with Crippen molar-refractivity contribution in [1.29, 1.82) is 0 Å². The summed E-state index contributed by atoms with van der Waals surface area (Å²) in [6.45, 7) is 6.06. The van der Waals surface area contributed by atoms with E-state index in [2.05, 4.69) is 12.2 Å². The number of carbonyl (C=O) groups is 2. The highest BCUT2D eigenvalue weighted by Crippen LogP contribution is 2.47. The summed E-state index contributed by atoms with van der Waals surface area (Å²) >= 11 is 0. The zero-order valence-corrected chi connectivity index (χ0v) is 19.8. The molecule has 8 nitrogen and oxygen atoms in total. The molecule has 1 aliphatic rings. The number of ketones is 1. The van der Waals surface area contributed by atoms with Crippen LogP contribution in [0.1, 0.15) is 95.3 Å². The van der Waals surface area contributed by atoms with Crippen LogP contribution >= 0.6 is 0 Å². The minimum absolute atomic E-state index is 0.0544. The molecule has 0 aliphatic carbocycles. The van der Waals surface area contributed by atoms with Crippen molar-refractivity contribution in [3.8, 4) is 11.5 Å². The first-order valence-corrected chi connectivity index (χ1v) is 11.6. The molecule has 0 atom stereocenters. The molecule has 32 heavy (non-hydrogen) atoms. The molecule has 0 bridgehead atoms. The third kappa shape index (κ3) is 6.43. The molecule has 1 aromatic rings. The number of rotatable bonds is 13. The van der Waals surface area contributed by atoms with E-state index in [0.29, 0.717) is 6.42 Å². The van der Waals surface area contributed by atoms with Crippen LogP contribution in [0.2, 0.25) is 0 Å². The third-order valence-electron chi connectivity index (χ3n) is 6.00. The lowest BCUT2D eigenvalue weighted by Gasteiger charge is -2.26. The zero-order chi connectivity index (χ0) is 23.7. The number of hydrogen-bond acceptors (Lipinski definition) is 6. The molecule has 0 fully saturated rings. The van der Waals surface area contributed by atoms with Crippen molar-refractivity contribution in [2.24, 2.45) is 5.41 Å². The van der Waals surface area contributed by atoms with E-state index in [-0.39, 0.29) is 53.2 Å². The Balaban J connectivity index is 2.10. The molecule has 0 unspecified atom stereocenters. The summed E-state index contributed by atoms with van der Waals surface area (Å²) in [7, 11) is 1.29. The maximum Gasteiger partial charge on any atom is 0.314 e. The van der Waals surface area contributed by atoms with E-state index in [4.69, 9.17) is 9.47 Å². The van der Waals surface area contributed by atoms with Gasteiger partial charge in [0.1, 0.15) is 5.69 Å². The van der Waals surface area contributed by atoms with Gasteiger partial charge in [0.2, 0.25) is 11.7 Å². The van der Waals surface area contributed by atoms with Crippen molar-refractivity contribution in [2.75, 3.05) is 19.0 Å². The zero-order valence-electron chi connectivity index (χ0n) is 19.8. The molecule has 0 radical (unpaired) electrons. The first kappa shape index (κ1) is 25.6. The van der Waals surface area contributed by atoms with Crippen LogP contribution in [0.5, 0.6) is 11.5 Å². The first-order chi connectivity index (χ1) is 15.2. The summed E-state index contributed by atoms with van der Waals surface area (Å²) in [5.74, 6) is -0.520. The number of benzene rings is 1. The Labute approximate surface area is 190 Å². The Hall–Kier alpha value is -2.64. The molecule has 0 saturated heterocycles. The molecule has 8 heteroatoms. The number of nitro benzene ring substituents is 1. The highest BCUT2D eigenvalue weighted by atomic mass is 16.6. The molecule has 2 rings (SSSR count). The largest absolute Gasteiger partial charge is 0.490 e. The van der Waals surface area contributed by atoms with Crippen molar-refractivity contribution in [3.05, 3.63) is 21.7 Å². The van der Waals surface area contributed by atoms with Crippen LogP contribution in [0.15, 0.2) is 6.07 Å². The number of amides is 1. The van der Waals surface area contributed by atoms with Crippen LogP contribution in [0.3, 0.4) is 0 Å². The number of ether oxygens (including phenoxy) is 2. The first-order valence-electron chi connectivity index (χ1n) is 11.6. The van der Waals surface area contributed by atoms with Gasteiger partial charge in [-0.25, -0.2) is 0 Å². The lowest BCUT2D eigenvalue weighted by Crippen LogP contribution is -2.31. The van der Waals surface area contributed by atoms with Gasteiger partial charge in [0, 0.05) is 17.9 Å². The van der Waals surface area contributed by atoms with Crippen molar-refractivity contribution >= 4 is 23.1 Å². The number of carbonyl (C=O) groups excluding carboxylic acids is 2. The minimum Gasteiger partial charge on any atom is -0.490 e. The highest BCUT2D eigenvalue weighted by molar-refractivity contribution is 6.06. The number of Topliss-reactive ketones (excluding diaryl/α,β-unsaturated/α-hetero) is 1. The molecule has 178 valence electrons. The third-order valence-corrected chi connectivity index (χ3v) is 6.00. The van der Waals surface area contributed by atoms with Gasteiger partial charge in [0.25, 0.3) is 0 Å². The monoisotopic (exact) mass is 448 g/mol. The quantitative estimate of drug-likeness (QED) is 0.223. The van der Waals surface area contributed by atoms with Gasteiger partial charge >= 0.3 is 5.69 Å². The Morgan fingerprint density at radius 1 is 1.19 bits per heavy atom. The molecule has 1 N–H and O–H groups in total. The molecule has 1 aliphatic heterocycles. The van der Waals surface area contributed by atoms with Crippen molar-refractivity contribution in [2.45, 2.75) is 85.0 Å². The van der Waals surface area contributed by atoms with E-state index in [0.717, 1.165) is 25.3 Å². The van der Waals surface area contributed by atoms with Gasteiger partial charge in [-0.3, -0.25) is 19.7 Å². The summed E-state index contributed by atoms with van der Waals surface area (Å²) in [4.78, 5) is 36.4. The molecule has 1 aromatic carbocycles. The second kappa shape index (κ2) is 11.8. The highest BCUT2D eigenvalue weighted by Gasteiger charge is 2.35. The van der Waals surface area contributed by atoms with Crippen LogP contribution in [0, 0.1) is 15.5 Å². The predicted molar refractivity (Wildman–Crippen MR) is 124 cm³/mol. The average molecular weight is 449 g/mol. The standard InChI is InChI=1S/C24H36N2O6/c1-5-6-7-8-9-10-11-12-14-24(2,3)23(28)25-20-21-17(19(27)13-15-32-21)16-18(26(29)30)22(20)31-4/h16H,5-15H2,1-4H3,(H,25,28). The van der Waals surface area contributed by atoms with Crippen LogP contribution in [-0.4, -0.2) is 30.3 Å². The summed E-state index contributed by atoms with van der Waals surface area (Å²) in [6.07, 6.45) is 10.2. The lowest BCUT2D eigenvalue weighted by molar-refractivity contribution is -0.385. The van der Waals surface area contributed by atoms with Crippen LogP contribution in [0.25, 0.3) is 0 Å². The van der Waals surface area contributed by atoms with Crippen molar-refractivity contribution in [1.82, 2.24) is 0 Å². The average Bonchev–Trinajstić information content (AvgIpc) is 2.75. The summed E-state index contributed by atoms with van der Waals surface area (Å²) in [6, 6.07) is 1.16. The fourth-order valence-electron chi connectivity index (χ4n) is 3.92. The molecule has 0 aromatic heterocycles. The Morgan fingerprint density at radius 3 is 2.41 bits per heavy atom. The molecule has 1 heterocycles. The van der Waals surface area contributed by atoms with Gasteiger partial charge in [-0.2, -0.15) is 0 Å². The summed E-state index contributed by atoms with van der Waals surface area (Å²) in [5.41, 5.74) is -0.913. The Bertz CT molecular complexity index is 820. The fourth-order valence-corrected chi connectivity index (χ4v) is 3.92. The molecular formula is C24H36N2O6. The van der Waals surface area contributed by atoms with E-state index >= 15 is 0 Å². The van der Waals surface area contributed by atoms with Crippen LogP contribution in [0.4, 0.5) is 11.4 Å². The number of fused-ring (bicyclic) bond motifs is 1. The van der Waals surface area contributed by atoms with Crippen molar-refractivity contribution in [3.63, 3.8) is 0 Å². The van der Waals surface area contributed by atoms with Gasteiger partial charge in [-0.15, -0.1) is 0 Å². The van der Waals surface area contributed by atoms with Gasteiger partial charge < -0.3 is 14.8 Å². The summed E-state index contributed by atoms with van der Waals surface area (Å²) in [5, 5.41) is 14.3. The number of nitrogens with one attached hydrogen (secondary N) is 1. The maximum absolute atomic E-state index is 13.1. The summed E-state index contributed by atoms with van der Waals surface area (Å²) < 4.78 is 10.9. The normalized spacial score (nSPS) is 13.3. The van der Waals surface area contributed by atoms with Crippen LogP contribution in [-0.2, 0) is 4.79 Å². The minimum atomic E-state index is -0.691. The van der Waals surface area contributed by atoms with Crippen LogP contribution < -0.4 is 14.8 Å². The van der Waals surface area contributed by atoms with E-state index in [1.807, 2.05) is 13.8 Å².